The second-order valence-electron chi connectivity index (χ2n) is 4.01. The molecular formula is C13H14N4S. The highest BCUT2D eigenvalue weighted by atomic mass is 32.2. The van der Waals surface area contributed by atoms with Gasteiger partial charge < -0.3 is 5.73 Å². The van der Waals surface area contributed by atoms with E-state index in [0.717, 1.165) is 21.6 Å². The van der Waals surface area contributed by atoms with E-state index in [4.69, 9.17) is 11.1 Å². The van der Waals surface area contributed by atoms with Crippen LogP contribution in [-0.2, 0) is 0 Å². The van der Waals surface area contributed by atoms with Crippen LogP contribution in [0.15, 0.2) is 40.6 Å². The summed E-state index contributed by atoms with van der Waals surface area (Å²) >= 11 is 1.43. The molecule has 0 aliphatic rings. The molecule has 3 N–H and O–H groups in total. The zero-order chi connectivity index (χ0) is 13.1. The Hall–Kier alpha value is -1.88. The van der Waals surface area contributed by atoms with Crippen LogP contribution in [-0.4, -0.2) is 15.8 Å². The fraction of sp³-hybridized carbons (Fsp3) is 0.154. The molecule has 0 atom stereocenters. The van der Waals surface area contributed by atoms with Crippen LogP contribution in [0.5, 0.6) is 0 Å². The number of nitrogens with one attached hydrogen (secondary N) is 1. The molecule has 0 spiro atoms. The summed E-state index contributed by atoms with van der Waals surface area (Å²) in [6, 6.07) is 5.72. The standard InChI is InChI=1S/C13H14N4S/c1-8-6-16-13(17-7-8)18-11-9(2)4-3-5-10(11)12(14)15/h3-7H,1-2H3,(H3,14,15). The van der Waals surface area contributed by atoms with Gasteiger partial charge >= 0.3 is 0 Å². The van der Waals surface area contributed by atoms with Crippen LogP contribution in [0, 0.1) is 19.3 Å². The third-order valence-corrected chi connectivity index (χ3v) is 3.59. The van der Waals surface area contributed by atoms with Gasteiger partial charge in [-0.25, -0.2) is 9.97 Å². The van der Waals surface area contributed by atoms with Crippen molar-refractivity contribution in [2.75, 3.05) is 0 Å². The van der Waals surface area contributed by atoms with E-state index in [2.05, 4.69) is 9.97 Å². The molecule has 0 fully saturated rings. The summed E-state index contributed by atoms with van der Waals surface area (Å²) in [5.74, 6) is 0.0633. The van der Waals surface area contributed by atoms with Crippen molar-refractivity contribution in [3.05, 3.63) is 47.3 Å². The maximum absolute atomic E-state index is 7.60. The Balaban J connectivity index is 2.39. The molecule has 0 saturated carbocycles. The Kier molecular flexibility index (Phi) is 3.62. The summed E-state index contributed by atoms with van der Waals surface area (Å²) in [4.78, 5) is 9.45. The molecule has 4 nitrogen and oxygen atoms in total. The molecule has 5 heteroatoms. The van der Waals surface area contributed by atoms with E-state index >= 15 is 0 Å². The Morgan fingerprint density at radius 2 is 1.89 bits per heavy atom. The number of rotatable bonds is 3. The zero-order valence-corrected chi connectivity index (χ0v) is 11.1. The summed E-state index contributed by atoms with van der Waals surface area (Å²) in [6.45, 7) is 3.94. The number of aryl methyl sites for hydroxylation is 2. The van der Waals surface area contributed by atoms with E-state index in [1.54, 1.807) is 12.4 Å². The second kappa shape index (κ2) is 5.18. The maximum atomic E-state index is 7.60. The molecule has 2 aromatic rings. The van der Waals surface area contributed by atoms with Gasteiger partial charge in [-0.1, -0.05) is 18.2 Å². The van der Waals surface area contributed by atoms with Crippen molar-refractivity contribution in [3.63, 3.8) is 0 Å². The molecule has 0 aliphatic carbocycles. The minimum atomic E-state index is 0.0633. The van der Waals surface area contributed by atoms with Gasteiger partial charge in [-0.2, -0.15) is 0 Å². The number of nitrogens with zero attached hydrogens (tertiary/aromatic N) is 2. The second-order valence-corrected chi connectivity index (χ2v) is 4.99. The van der Waals surface area contributed by atoms with Gasteiger partial charge in [0.2, 0.25) is 0 Å². The Morgan fingerprint density at radius 1 is 1.22 bits per heavy atom. The van der Waals surface area contributed by atoms with Crippen LogP contribution < -0.4 is 5.73 Å². The number of aromatic nitrogens is 2. The van der Waals surface area contributed by atoms with Gasteiger partial charge in [0, 0.05) is 22.9 Å². The number of hydrogen-bond acceptors (Lipinski definition) is 4. The first-order valence-corrected chi connectivity index (χ1v) is 6.30. The van der Waals surface area contributed by atoms with Crippen LogP contribution in [0.3, 0.4) is 0 Å². The predicted octanol–water partition coefficient (Wildman–Crippen LogP) is 2.53. The lowest BCUT2D eigenvalue weighted by Crippen LogP contribution is -2.12. The van der Waals surface area contributed by atoms with Crippen molar-refractivity contribution in [1.29, 1.82) is 5.41 Å². The SMILES string of the molecule is Cc1cnc(Sc2c(C)cccc2C(=N)N)nc1. The zero-order valence-electron chi connectivity index (χ0n) is 10.3. The molecule has 1 aromatic carbocycles. The summed E-state index contributed by atoms with van der Waals surface area (Å²) in [5, 5.41) is 8.26. The summed E-state index contributed by atoms with van der Waals surface area (Å²) in [5.41, 5.74) is 8.41. The fourth-order valence-corrected chi connectivity index (χ4v) is 2.44. The first-order chi connectivity index (χ1) is 8.58. The van der Waals surface area contributed by atoms with Crippen molar-refractivity contribution in [1.82, 2.24) is 9.97 Å². The third kappa shape index (κ3) is 2.68. The van der Waals surface area contributed by atoms with Crippen LogP contribution in [0.25, 0.3) is 0 Å². The highest BCUT2D eigenvalue weighted by Crippen LogP contribution is 2.30. The van der Waals surface area contributed by atoms with Gasteiger partial charge in [0.05, 0.1) is 0 Å². The van der Waals surface area contributed by atoms with Crippen molar-refractivity contribution >= 4 is 17.6 Å². The predicted molar refractivity (Wildman–Crippen MR) is 73.1 cm³/mol. The number of benzene rings is 1. The van der Waals surface area contributed by atoms with Gasteiger partial charge in [-0.3, -0.25) is 5.41 Å². The lowest BCUT2D eigenvalue weighted by Gasteiger charge is -2.09. The van der Waals surface area contributed by atoms with Crippen molar-refractivity contribution in [2.24, 2.45) is 5.73 Å². The molecule has 0 unspecified atom stereocenters. The summed E-state index contributed by atoms with van der Waals surface area (Å²) in [7, 11) is 0. The molecule has 18 heavy (non-hydrogen) atoms. The molecule has 0 radical (unpaired) electrons. The monoisotopic (exact) mass is 258 g/mol. The number of hydrogen-bond donors (Lipinski definition) is 2. The molecule has 1 aromatic heterocycles. The largest absolute Gasteiger partial charge is 0.384 e. The maximum Gasteiger partial charge on any atom is 0.192 e. The van der Waals surface area contributed by atoms with E-state index in [9.17, 15) is 0 Å². The van der Waals surface area contributed by atoms with Crippen LogP contribution in [0.2, 0.25) is 0 Å². The van der Waals surface area contributed by atoms with Gasteiger partial charge in [-0.15, -0.1) is 0 Å². The normalized spacial score (nSPS) is 10.3. The lowest BCUT2D eigenvalue weighted by molar-refractivity contribution is 0.949. The minimum absolute atomic E-state index is 0.0633. The molecule has 2 rings (SSSR count). The topological polar surface area (TPSA) is 75.7 Å². The van der Waals surface area contributed by atoms with Crippen LogP contribution in [0.1, 0.15) is 16.7 Å². The molecule has 0 amide bonds. The third-order valence-electron chi connectivity index (χ3n) is 2.45. The van der Waals surface area contributed by atoms with E-state index in [-0.39, 0.29) is 5.84 Å². The smallest absolute Gasteiger partial charge is 0.192 e. The van der Waals surface area contributed by atoms with E-state index in [1.165, 1.54) is 11.8 Å². The van der Waals surface area contributed by atoms with Crippen LogP contribution in [0.4, 0.5) is 0 Å². The minimum Gasteiger partial charge on any atom is -0.384 e. The highest BCUT2D eigenvalue weighted by Gasteiger charge is 2.11. The first-order valence-electron chi connectivity index (χ1n) is 5.48. The number of nitrogens with two attached hydrogens (primary N) is 1. The molecule has 92 valence electrons. The highest BCUT2D eigenvalue weighted by molar-refractivity contribution is 7.99. The van der Waals surface area contributed by atoms with Gasteiger partial charge in [0.25, 0.3) is 0 Å². The van der Waals surface area contributed by atoms with Crippen molar-refractivity contribution < 1.29 is 0 Å². The average molecular weight is 258 g/mol. The Morgan fingerprint density at radius 3 is 2.50 bits per heavy atom. The Bertz CT molecular complexity index is 578. The molecule has 0 aliphatic heterocycles. The molecule has 0 bridgehead atoms. The van der Waals surface area contributed by atoms with E-state index in [0.29, 0.717) is 5.16 Å². The van der Waals surface area contributed by atoms with Gasteiger partial charge in [0.1, 0.15) is 5.84 Å². The van der Waals surface area contributed by atoms with Crippen molar-refractivity contribution in [3.8, 4) is 0 Å². The van der Waals surface area contributed by atoms with Gasteiger partial charge in [-0.05, 0) is 36.7 Å². The lowest BCUT2D eigenvalue weighted by atomic mass is 10.1. The van der Waals surface area contributed by atoms with Gasteiger partial charge in [0.15, 0.2) is 5.16 Å². The summed E-state index contributed by atoms with van der Waals surface area (Å²) in [6.07, 6.45) is 3.56. The van der Waals surface area contributed by atoms with E-state index < -0.39 is 0 Å². The molecule has 1 heterocycles. The quantitative estimate of drug-likeness (QED) is 0.504. The fourth-order valence-electron chi connectivity index (χ4n) is 1.52. The molecule has 0 saturated heterocycles. The average Bonchev–Trinajstić information content (AvgIpc) is 2.34. The number of nitrogen functional groups attached to an aromatic ring is 1. The van der Waals surface area contributed by atoms with Crippen LogP contribution >= 0.6 is 11.8 Å². The summed E-state index contributed by atoms with van der Waals surface area (Å²) < 4.78 is 0. The molecular weight excluding hydrogens is 244 g/mol. The number of amidine groups is 1. The van der Waals surface area contributed by atoms with E-state index in [1.807, 2.05) is 32.0 Å². The Labute approximate surface area is 110 Å². The first kappa shape index (κ1) is 12.6. The van der Waals surface area contributed by atoms with Crippen molar-refractivity contribution in [2.45, 2.75) is 23.9 Å².